The molecule has 7 heteroatoms. The summed E-state index contributed by atoms with van der Waals surface area (Å²) in [4.78, 5) is 23.0. The van der Waals surface area contributed by atoms with E-state index in [0.717, 1.165) is 38.6 Å². The highest BCUT2D eigenvalue weighted by Gasteiger charge is 2.34. The number of carbonyl (C=O) groups is 2. The Morgan fingerprint density at radius 2 is 1.96 bits per heavy atom. The van der Waals surface area contributed by atoms with E-state index in [0.29, 0.717) is 18.7 Å². The summed E-state index contributed by atoms with van der Waals surface area (Å²) in [5, 5.41) is 9.78. The van der Waals surface area contributed by atoms with E-state index in [1.807, 2.05) is 36.4 Å². The molecule has 4 rings (SSSR count). The topological polar surface area (TPSA) is 94.6 Å². The number of hydrogen-bond donors (Lipinski definition) is 2. The van der Waals surface area contributed by atoms with E-state index >= 15 is 0 Å². The molecule has 3 N–H and O–H groups in total. The Labute approximate surface area is 170 Å². The van der Waals surface area contributed by atoms with Gasteiger partial charge in [0, 0.05) is 22.1 Å². The molecule has 0 saturated heterocycles. The average molecular weight is 443 g/mol. The number of fused-ring (bicyclic) bond motifs is 3. The predicted molar refractivity (Wildman–Crippen MR) is 109 cm³/mol. The van der Waals surface area contributed by atoms with E-state index in [1.165, 1.54) is 0 Å². The van der Waals surface area contributed by atoms with Crippen molar-refractivity contribution in [1.29, 1.82) is 0 Å². The van der Waals surface area contributed by atoms with Crippen LogP contribution in [0.5, 0.6) is 5.75 Å². The normalized spacial score (nSPS) is 15.5. The number of carbonyl (C=O) groups excluding carboxylic acids is 1. The van der Waals surface area contributed by atoms with Gasteiger partial charge in [-0.1, -0.05) is 34.1 Å². The smallest absolute Gasteiger partial charge is 0.341 e. The number of halogens is 1. The maximum Gasteiger partial charge on any atom is 0.341 e. The summed E-state index contributed by atoms with van der Waals surface area (Å²) in [5.41, 5.74) is 9.65. The molecule has 0 saturated carbocycles. The first-order valence-corrected chi connectivity index (χ1v) is 9.77. The van der Waals surface area contributed by atoms with Gasteiger partial charge in [0.05, 0.1) is 11.4 Å². The molecule has 0 bridgehead atoms. The molecule has 1 heterocycles. The van der Waals surface area contributed by atoms with Gasteiger partial charge >= 0.3 is 5.97 Å². The van der Waals surface area contributed by atoms with E-state index in [2.05, 4.69) is 20.5 Å². The van der Waals surface area contributed by atoms with Gasteiger partial charge in [-0.15, -0.1) is 0 Å². The van der Waals surface area contributed by atoms with Crippen molar-refractivity contribution in [3.63, 3.8) is 0 Å². The van der Waals surface area contributed by atoms with E-state index in [1.54, 1.807) is 6.07 Å². The highest BCUT2D eigenvalue weighted by atomic mass is 79.9. The Bertz CT molecular complexity index is 1070. The van der Waals surface area contributed by atoms with Crippen LogP contribution in [-0.2, 0) is 22.6 Å². The van der Waals surface area contributed by atoms with E-state index < -0.39 is 18.5 Å². The van der Waals surface area contributed by atoms with Crippen LogP contribution in [-0.4, -0.2) is 28.2 Å². The summed E-state index contributed by atoms with van der Waals surface area (Å²) in [7, 11) is 0. The summed E-state index contributed by atoms with van der Waals surface area (Å²) in [6.07, 6.45) is 1.40. The molecule has 1 unspecified atom stereocenters. The van der Waals surface area contributed by atoms with Crippen LogP contribution < -0.4 is 10.5 Å². The molecule has 144 valence electrons. The predicted octanol–water partition coefficient (Wildman–Crippen LogP) is 3.43. The number of carboxylic acids is 1. The zero-order chi connectivity index (χ0) is 19.8. The third-order valence-corrected chi connectivity index (χ3v) is 5.70. The fraction of sp³-hybridized carbons (Fsp3) is 0.238. The number of hydrogen-bond acceptors (Lipinski definition) is 3. The highest BCUT2D eigenvalue weighted by Crippen LogP contribution is 2.44. The number of ether oxygens (including phenoxy) is 1. The molecular weight excluding hydrogens is 424 g/mol. The van der Waals surface area contributed by atoms with Crippen molar-refractivity contribution in [2.24, 2.45) is 5.73 Å². The Hall–Kier alpha value is -2.80. The minimum atomic E-state index is -1.05. The molecule has 2 aromatic carbocycles. The Kier molecular flexibility index (Phi) is 4.85. The summed E-state index contributed by atoms with van der Waals surface area (Å²) in [5.74, 6) is -1.33. The molecule has 3 aromatic rings. The van der Waals surface area contributed by atoms with Gasteiger partial charge in [-0.05, 0) is 48.2 Å². The van der Waals surface area contributed by atoms with Crippen molar-refractivity contribution >= 4 is 38.7 Å². The van der Waals surface area contributed by atoms with Crippen molar-refractivity contribution in [2.75, 3.05) is 6.61 Å². The molecule has 6 nitrogen and oxygen atoms in total. The summed E-state index contributed by atoms with van der Waals surface area (Å²) in [6, 6.07) is 13.6. The van der Waals surface area contributed by atoms with Gasteiger partial charge in [0.2, 0.25) is 5.91 Å². The molecular formula is C21H19BrN2O4. The van der Waals surface area contributed by atoms with Gasteiger partial charge in [-0.25, -0.2) is 4.79 Å². The van der Waals surface area contributed by atoms with Gasteiger partial charge < -0.3 is 20.1 Å². The SMILES string of the molecule is NC(=O)C1CCc2c1c1c(OCC(=O)O)cccc1n2Cc1ccc(Br)cc1. The molecule has 1 aliphatic carbocycles. The molecule has 1 amide bonds. The van der Waals surface area contributed by atoms with Crippen molar-refractivity contribution in [2.45, 2.75) is 25.3 Å². The number of carboxylic acid groups (broad SMARTS) is 1. The number of benzene rings is 2. The quantitative estimate of drug-likeness (QED) is 0.611. The maximum atomic E-state index is 12.1. The molecule has 1 atom stereocenters. The number of nitrogens with zero attached hydrogens (tertiary/aromatic N) is 1. The second-order valence-corrected chi connectivity index (χ2v) is 7.81. The minimum Gasteiger partial charge on any atom is -0.481 e. The van der Waals surface area contributed by atoms with Crippen LogP contribution in [0.3, 0.4) is 0 Å². The number of primary amides is 1. The molecule has 0 radical (unpaired) electrons. The lowest BCUT2D eigenvalue weighted by atomic mass is 9.99. The number of nitrogens with two attached hydrogens (primary N) is 1. The second-order valence-electron chi connectivity index (χ2n) is 6.90. The van der Waals surface area contributed by atoms with Gasteiger partial charge in [-0.3, -0.25) is 4.79 Å². The minimum absolute atomic E-state index is 0.366. The molecule has 0 aliphatic heterocycles. The largest absolute Gasteiger partial charge is 0.481 e. The lowest BCUT2D eigenvalue weighted by Gasteiger charge is -2.12. The molecule has 0 spiro atoms. The zero-order valence-corrected chi connectivity index (χ0v) is 16.6. The Morgan fingerprint density at radius 1 is 1.21 bits per heavy atom. The molecule has 1 aromatic heterocycles. The lowest BCUT2D eigenvalue weighted by molar-refractivity contribution is -0.139. The standard InChI is InChI=1S/C21H19BrN2O4/c22-13-6-4-12(5-7-13)10-24-15-2-1-3-17(28-11-18(25)26)20(15)19-14(21(23)27)8-9-16(19)24/h1-7,14H,8-11H2,(H2,23,27)(H,25,26). The van der Waals surface area contributed by atoms with Crippen molar-refractivity contribution in [3.05, 3.63) is 63.8 Å². The molecule has 28 heavy (non-hydrogen) atoms. The third kappa shape index (κ3) is 3.26. The van der Waals surface area contributed by atoms with Gasteiger partial charge in [-0.2, -0.15) is 0 Å². The summed E-state index contributed by atoms with van der Waals surface area (Å²) in [6.45, 7) is 0.208. The fourth-order valence-corrected chi connectivity index (χ4v) is 4.28. The van der Waals surface area contributed by atoms with Gasteiger partial charge in [0.25, 0.3) is 0 Å². The van der Waals surface area contributed by atoms with Crippen molar-refractivity contribution in [1.82, 2.24) is 4.57 Å². The van der Waals surface area contributed by atoms with Crippen LogP contribution in [0, 0.1) is 0 Å². The molecule has 0 fully saturated rings. The number of aromatic nitrogens is 1. The van der Waals surface area contributed by atoms with Crippen LogP contribution in [0.25, 0.3) is 10.9 Å². The Balaban J connectivity index is 1.88. The van der Waals surface area contributed by atoms with E-state index in [4.69, 9.17) is 15.6 Å². The van der Waals surface area contributed by atoms with Crippen LogP contribution >= 0.6 is 15.9 Å². The average Bonchev–Trinajstić information content (AvgIpc) is 3.21. The third-order valence-electron chi connectivity index (χ3n) is 5.17. The van der Waals surface area contributed by atoms with Crippen LogP contribution in [0.4, 0.5) is 0 Å². The monoisotopic (exact) mass is 442 g/mol. The van der Waals surface area contributed by atoms with Crippen LogP contribution in [0.15, 0.2) is 46.9 Å². The fourth-order valence-electron chi connectivity index (χ4n) is 4.02. The summed E-state index contributed by atoms with van der Waals surface area (Å²) < 4.78 is 8.74. The van der Waals surface area contributed by atoms with Gasteiger partial charge in [0.1, 0.15) is 5.75 Å². The first kappa shape index (κ1) is 18.6. The van der Waals surface area contributed by atoms with Gasteiger partial charge in [0.15, 0.2) is 6.61 Å². The van der Waals surface area contributed by atoms with Crippen molar-refractivity contribution < 1.29 is 19.4 Å². The highest BCUT2D eigenvalue weighted by molar-refractivity contribution is 9.10. The van der Waals surface area contributed by atoms with Crippen LogP contribution in [0.1, 0.15) is 29.2 Å². The first-order valence-electron chi connectivity index (χ1n) is 8.98. The number of rotatable bonds is 6. The maximum absolute atomic E-state index is 12.1. The first-order chi connectivity index (χ1) is 13.5. The molecule has 1 aliphatic rings. The van der Waals surface area contributed by atoms with Crippen LogP contribution in [0.2, 0.25) is 0 Å². The van der Waals surface area contributed by atoms with E-state index in [9.17, 15) is 9.59 Å². The second kappa shape index (κ2) is 7.31. The number of aliphatic carboxylic acids is 1. The number of amides is 1. The lowest BCUT2D eigenvalue weighted by Crippen LogP contribution is -2.19. The van der Waals surface area contributed by atoms with Crippen molar-refractivity contribution in [3.8, 4) is 5.75 Å². The Morgan fingerprint density at radius 3 is 2.64 bits per heavy atom. The summed E-state index contributed by atoms with van der Waals surface area (Å²) >= 11 is 3.45. The van der Waals surface area contributed by atoms with E-state index in [-0.39, 0.29) is 5.91 Å². The zero-order valence-electron chi connectivity index (χ0n) is 15.0.